The van der Waals surface area contributed by atoms with E-state index in [-0.39, 0.29) is 17.0 Å². The first kappa shape index (κ1) is 23.3. The van der Waals surface area contributed by atoms with E-state index in [2.05, 4.69) is 10.4 Å². The summed E-state index contributed by atoms with van der Waals surface area (Å²) in [6, 6.07) is 11.7. The molecule has 0 unspecified atom stereocenters. The highest BCUT2D eigenvalue weighted by molar-refractivity contribution is 6.31. The van der Waals surface area contributed by atoms with Gasteiger partial charge in [0, 0.05) is 17.0 Å². The van der Waals surface area contributed by atoms with Gasteiger partial charge in [0.1, 0.15) is 5.82 Å². The van der Waals surface area contributed by atoms with Gasteiger partial charge in [0.05, 0.1) is 17.8 Å². The summed E-state index contributed by atoms with van der Waals surface area (Å²) in [4.78, 5) is 25.1. The average molecular weight is 490 g/mol. The third kappa shape index (κ3) is 5.04. The summed E-state index contributed by atoms with van der Waals surface area (Å²) in [6.07, 6.45) is 5.12. The Morgan fingerprint density at radius 1 is 1.18 bits per heavy atom. The number of aromatic hydroxyl groups is 1. The zero-order valence-electron chi connectivity index (χ0n) is 17.7. The molecule has 1 saturated carbocycles. The molecule has 0 atom stereocenters. The zero-order valence-corrected chi connectivity index (χ0v) is 19.2. The number of halogens is 3. The third-order valence-electron chi connectivity index (χ3n) is 6.06. The van der Waals surface area contributed by atoms with Crippen molar-refractivity contribution < 1.29 is 14.3 Å². The molecule has 172 valence electrons. The van der Waals surface area contributed by atoms with Crippen molar-refractivity contribution in [3.05, 3.63) is 91.6 Å². The summed E-state index contributed by atoms with van der Waals surface area (Å²) in [5, 5.41) is 17.6. The second kappa shape index (κ2) is 9.53. The van der Waals surface area contributed by atoms with E-state index in [9.17, 15) is 19.1 Å². The standard InChI is InChI=1S/C24H22Cl2FN3O3/c25-17-5-3-4-16(11-17)24(8-1-2-9-24)14-30-13-20(31)22(32)21(29-30)23(33)28-12-15-6-7-19(27)18(26)10-15/h3-7,10-11,13,31H,1-2,8-9,12,14H2,(H,28,33). The summed E-state index contributed by atoms with van der Waals surface area (Å²) in [7, 11) is 0. The van der Waals surface area contributed by atoms with Gasteiger partial charge in [-0.25, -0.2) is 4.39 Å². The second-order valence-electron chi connectivity index (χ2n) is 8.32. The molecule has 2 N–H and O–H groups in total. The molecule has 4 rings (SSSR count). The Kier molecular flexibility index (Phi) is 6.72. The fourth-order valence-corrected chi connectivity index (χ4v) is 4.78. The van der Waals surface area contributed by atoms with Crippen LogP contribution in [0, 0.1) is 5.82 Å². The molecule has 1 heterocycles. The Labute approximate surface area is 200 Å². The lowest BCUT2D eigenvalue weighted by molar-refractivity contribution is 0.0940. The van der Waals surface area contributed by atoms with Crippen LogP contribution < -0.4 is 10.7 Å². The van der Waals surface area contributed by atoms with Gasteiger partial charge in [0.15, 0.2) is 11.4 Å². The van der Waals surface area contributed by atoms with Gasteiger partial charge in [-0.1, -0.05) is 54.2 Å². The molecule has 3 aromatic rings. The molecule has 2 aromatic carbocycles. The summed E-state index contributed by atoms with van der Waals surface area (Å²) >= 11 is 12.0. The van der Waals surface area contributed by atoms with E-state index in [1.807, 2.05) is 24.3 Å². The predicted octanol–water partition coefficient (Wildman–Crippen LogP) is 4.84. The maximum atomic E-state index is 13.3. The monoisotopic (exact) mass is 489 g/mol. The van der Waals surface area contributed by atoms with E-state index in [0.29, 0.717) is 17.1 Å². The Hall–Kier alpha value is -2.90. The van der Waals surface area contributed by atoms with E-state index < -0.39 is 28.6 Å². The molecule has 1 aromatic heterocycles. The number of rotatable bonds is 6. The van der Waals surface area contributed by atoms with Crippen LogP contribution in [0.4, 0.5) is 4.39 Å². The van der Waals surface area contributed by atoms with Crippen LogP contribution in [0.15, 0.2) is 53.5 Å². The normalized spacial score (nSPS) is 14.9. The van der Waals surface area contributed by atoms with Crippen molar-refractivity contribution in [1.82, 2.24) is 15.1 Å². The number of amides is 1. The van der Waals surface area contributed by atoms with Crippen molar-refractivity contribution in [3.8, 4) is 5.75 Å². The van der Waals surface area contributed by atoms with Crippen LogP contribution in [-0.4, -0.2) is 20.8 Å². The summed E-state index contributed by atoms with van der Waals surface area (Å²) in [5.41, 5.74) is 0.0808. The zero-order chi connectivity index (χ0) is 23.6. The molecular formula is C24H22Cl2FN3O3. The largest absolute Gasteiger partial charge is 0.503 e. The lowest BCUT2D eigenvalue weighted by Crippen LogP contribution is -2.34. The molecule has 33 heavy (non-hydrogen) atoms. The molecule has 0 bridgehead atoms. The number of nitrogens with zero attached hydrogens (tertiary/aromatic N) is 2. The number of carbonyl (C=O) groups is 1. The second-order valence-corrected chi connectivity index (χ2v) is 9.16. The molecule has 9 heteroatoms. The summed E-state index contributed by atoms with van der Waals surface area (Å²) in [5.74, 6) is -1.86. The van der Waals surface area contributed by atoms with Crippen LogP contribution in [0.25, 0.3) is 0 Å². The number of hydrogen-bond acceptors (Lipinski definition) is 4. The third-order valence-corrected chi connectivity index (χ3v) is 6.59. The molecule has 1 amide bonds. The molecule has 0 aliphatic heterocycles. The lowest BCUT2D eigenvalue weighted by atomic mass is 9.79. The highest BCUT2D eigenvalue weighted by atomic mass is 35.5. The Bertz CT molecular complexity index is 1260. The minimum atomic E-state index is -0.857. The molecule has 0 radical (unpaired) electrons. The molecule has 6 nitrogen and oxygen atoms in total. The van der Waals surface area contributed by atoms with Gasteiger partial charge in [-0.3, -0.25) is 14.3 Å². The lowest BCUT2D eigenvalue weighted by Gasteiger charge is -2.30. The van der Waals surface area contributed by atoms with E-state index >= 15 is 0 Å². The van der Waals surface area contributed by atoms with Gasteiger partial charge >= 0.3 is 0 Å². The number of hydrogen-bond donors (Lipinski definition) is 2. The number of carbonyl (C=O) groups excluding carboxylic acids is 1. The van der Waals surface area contributed by atoms with E-state index in [1.54, 1.807) is 0 Å². The molecule has 0 saturated heterocycles. The minimum Gasteiger partial charge on any atom is -0.503 e. The number of benzene rings is 2. The van der Waals surface area contributed by atoms with Gasteiger partial charge in [-0.15, -0.1) is 0 Å². The molecule has 1 aliphatic rings. The molecular weight excluding hydrogens is 468 g/mol. The van der Waals surface area contributed by atoms with Crippen molar-refractivity contribution in [2.75, 3.05) is 0 Å². The number of aromatic nitrogens is 2. The van der Waals surface area contributed by atoms with Crippen LogP contribution in [-0.2, 0) is 18.5 Å². The Balaban J connectivity index is 1.59. The van der Waals surface area contributed by atoms with Gasteiger partial charge in [0.25, 0.3) is 11.3 Å². The van der Waals surface area contributed by atoms with E-state index in [0.717, 1.165) is 31.2 Å². The maximum absolute atomic E-state index is 13.3. The van der Waals surface area contributed by atoms with Crippen LogP contribution >= 0.6 is 23.2 Å². The van der Waals surface area contributed by atoms with Crippen LogP contribution in [0.2, 0.25) is 10.0 Å². The van der Waals surface area contributed by atoms with Crippen LogP contribution in [0.3, 0.4) is 0 Å². The quantitative estimate of drug-likeness (QED) is 0.518. The smallest absolute Gasteiger partial charge is 0.276 e. The average Bonchev–Trinajstić information content (AvgIpc) is 3.26. The Morgan fingerprint density at radius 2 is 1.94 bits per heavy atom. The molecule has 1 fully saturated rings. The highest BCUT2D eigenvalue weighted by Crippen LogP contribution is 2.43. The fraction of sp³-hybridized carbons (Fsp3) is 0.292. The minimum absolute atomic E-state index is 0.0159. The first-order valence-corrected chi connectivity index (χ1v) is 11.3. The molecule has 1 aliphatic carbocycles. The maximum Gasteiger partial charge on any atom is 0.276 e. The van der Waals surface area contributed by atoms with Crippen molar-refractivity contribution in [1.29, 1.82) is 0 Å². The summed E-state index contributed by atoms with van der Waals surface area (Å²) in [6.45, 7) is 0.400. The van der Waals surface area contributed by atoms with Crippen molar-refractivity contribution in [2.45, 2.75) is 44.2 Å². The molecule has 0 spiro atoms. The first-order valence-electron chi connectivity index (χ1n) is 10.6. The SMILES string of the molecule is O=C(NCc1ccc(F)c(Cl)c1)c1nn(CC2(c3cccc(Cl)c3)CCCC2)cc(O)c1=O. The summed E-state index contributed by atoms with van der Waals surface area (Å²) < 4.78 is 14.8. The fourth-order valence-electron chi connectivity index (χ4n) is 4.39. The predicted molar refractivity (Wildman–Crippen MR) is 124 cm³/mol. The van der Waals surface area contributed by atoms with Gasteiger partial charge in [-0.05, 0) is 48.2 Å². The first-order chi connectivity index (χ1) is 15.8. The van der Waals surface area contributed by atoms with Crippen LogP contribution in [0.5, 0.6) is 5.75 Å². The van der Waals surface area contributed by atoms with Gasteiger partial charge in [0.2, 0.25) is 0 Å². The van der Waals surface area contributed by atoms with Gasteiger partial charge < -0.3 is 10.4 Å². The number of nitrogens with one attached hydrogen (secondary N) is 1. The van der Waals surface area contributed by atoms with Gasteiger partial charge in [-0.2, -0.15) is 5.10 Å². The Morgan fingerprint density at radius 3 is 2.64 bits per heavy atom. The van der Waals surface area contributed by atoms with E-state index in [1.165, 1.54) is 29.1 Å². The topological polar surface area (TPSA) is 84.2 Å². The van der Waals surface area contributed by atoms with E-state index in [4.69, 9.17) is 23.2 Å². The van der Waals surface area contributed by atoms with Crippen molar-refractivity contribution in [3.63, 3.8) is 0 Å². The van der Waals surface area contributed by atoms with Crippen molar-refractivity contribution in [2.24, 2.45) is 0 Å². The highest BCUT2D eigenvalue weighted by Gasteiger charge is 2.36. The van der Waals surface area contributed by atoms with Crippen molar-refractivity contribution >= 4 is 29.1 Å². The van der Waals surface area contributed by atoms with Crippen LogP contribution in [0.1, 0.15) is 47.3 Å².